The molecule has 2 aromatic heterocycles. The van der Waals surface area contributed by atoms with Crippen LogP contribution in [0.4, 0.5) is 5.82 Å². The summed E-state index contributed by atoms with van der Waals surface area (Å²) in [5.41, 5.74) is 5.26. The Bertz CT molecular complexity index is 1250. The summed E-state index contributed by atoms with van der Waals surface area (Å²) in [5, 5.41) is 10.1. The van der Waals surface area contributed by atoms with Crippen molar-refractivity contribution < 1.29 is 9.59 Å². The molecule has 0 saturated heterocycles. The summed E-state index contributed by atoms with van der Waals surface area (Å²) in [5.74, 6) is 0.238. The lowest BCUT2D eigenvalue weighted by molar-refractivity contribution is -0.119. The SMILES string of the molecule is O=C(c1ccccc1)c1ccc2c(c1)CC(C(=O)Nc1cc(-c3ccncc3)[nH]n1)C2. The summed E-state index contributed by atoms with van der Waals surface area (Å²) in [6.45, 7) is 0. The first-order valence-electron chi connectivity index (χ1n) is 10.2. The minimum absolute atomic E-state index is 0.00327. The second-order valence-corrected chi connectivity index (χ2v) is 7.68. The molecule has 0 saturated carbocycles. The molecule has 152 valence electrons. The van der Waals surface area contributed by atoms with E-state index in [0.717, 1.165) is 22.4 Å². The number of nitrogens with one attached hydrogen (secondary N) is 2. The highest BCUT2D eigenvalue weighted by Gasteiger charge is 2.28. The van der Waals surface area contributed by atoms with Crippen LogP contribution in [0, 0.1) is 5.92 Å². The van der Waals surface area contributed by atoms with Crippen molar-refractivity contribution >= 4 is 17.5 Å². The summed E-state index contributed by atoms with van der Waals surface area (Å²) < 4.78 is 0. The summed E-state index contributed by atoms with van der Waals surface area (Å²) in [7, 11) is 0. The fourth-order valence-corrected chi connectivity index (χ4v) is 3.99. The third kappa shape index (κ3) is 3.88. The third-order valence-corrected chi connectivity index (χ3v) is 5.63. The molecule has 2 heterocycles. The Morgan fingerprint density at radius 2 is 1.65 bits per heavy atom. The van der Waals surface area contributed by atoms with Crippen molar-refractivity contribution in [3.63, 3.8) is 0 Å². The Morgan fingerprint density at radius 3 is 2.45 bits per heavy atom. The largest absolute Gasteiger partial charge is 0.309 e. The molecule has 0 aliphatic heterocycles. The van der Waals surface area contributed by atoms with E-state index >= 15 is 0 Å². The summed E-state index contributed by atoms with van der Waals surface area (Å²) in [6, 6.07) is 20.5. The first-order valence-corrected chi connectivity index (χ1v) is 10.2. The Kier molecular flexibility index (Phi) is 4.88. The molecular weight excluding hydrogens is 388 g/mol. The van der Waals surface area contributed by atoms with Crippen LogP contribution in [0.25, 0.3) is 11.3 Å². The number of nitrogens with zero attached hydrogens (tertiary/aromatic N) is 2. The topological polar surface area (TPSA) is 87.7 Å². The maximum atomic E-state index is 12.8. The lowest BCUT2D eigenvalue weighted by Gasteiger charge is -2.07. The second kappa shape index (κ2) is 7.99. The van der Waals surface area contributed by atoms with E-state index < -0.39 is 0 Å². The van der Waals surface area contributed by atoms with Crippen LogP contribution in [0.15, 0.2) is 79.1 Å². The number of rotatable bonds is 5. The zero-order valence-corrected chi connectivity index (χ0v) is 16.7. The van der Waals surface area contributed by atoms with Crippen molar-refractivity contribution in [1.82, 2.24) is 15.2 Å². The summed E-state index contributed by atoms with van der Waals surface area (Å²) in [4.78, 5) is 29.6. The van der Waals surface area contributed by atoms with Crippen molar-refractivity contribution in [3.8, 4) is 11.3 Å². The maximum absolute atomic E-state index is 12.8. The minimum atomic E-state index is -0.182. The third-order valence-electron chi connectivity index (χ3n) is 5.63. The lowest BCUT2D eigenvalue weighted by atomic mass is 9.99. The van der Waals surface area contributed by atoms with E-state index in [2.05, 4.69) is 20.5 Å². The van der Waals surface area contributed by atoms with Crippen molar-refractivity contribution in [2.75, 3.05) is 5.32 Å². The number of benzene rings is 2. The predicted molar refractivity (Wildman–Crippen MR) is 118 cm³/mol. The number of ketones is 1. The van der Waals surface area contributed by atoms with Gasteiger partial charge in [-0.15, -0.1) is 0 Å². The van der Waals surface area contributed by atoms with Gasteiger partial charge < -0.3 is 5.32 Å². The van der Waals surface area contributed by atoms with Crippen LogP contribution >= 0.6 is 0 Å². The van der Waals surface area contributed by atoms with Gasteiger partial charge in [0.25, 0.3) is 0 Å². The second-order valence-electron chi connectivity index (χ2n) is 7.68. The number of hydrogen-bond donors (Lipinski definition) is 2. The molecule has 4 aromatic rings. The van der Waals surface area contributed by atoms with E-state index in [9.17, 15) is 9.59 Å². The van der Waals surface area contributed by atoms with E-state index in [1.54, 1.807) is 12.4 Å². The van der Waals surface area contributed by atoms with Gasteiger partial charge in [-0.25, -0.2) is 0 Å². The van der Waals surface area contributed by atoms with E-state index in [1.165, 1.54) is 0 Å². The number of carbonyl (C=O) groups is 2. The standard InChI is InChI=1S/C25H20N4O2/c30-24(17-4-2-1-3-5-17)19-7-6-18-12-21(14-20(18)13-19)25(31)27-23-15-22(28-29-23)16-8-10-26-11-9-16/h1-11,13,15,21H,12,14H2,(H2,27,28,29,31). The minimum Gasteiger partial charge on any atom is -0.309 e. The van der Waals surface area contributed by atoms with Crippen LogP contribution in [0.3, 0.4) is 0 Å². The van der Waals surface area contributed by atoms with Crippen LogP contribution in [0.5, 0.6) is 0 Å². The molecule has 1 unspecified atom stereocenters. The Hall–Kier alpha value is -4.06. The Labute approximate surface area is 179 Å². The number of aromatic nitrogens is 3. The number of amides is 1. The zero-order valence-electron chi connectivity index (χ0n) is 16.7. The molecule has 0 radical (unpaired) electrons. The van der Waals surface area contributed by atoms with E-state index in [0.29, 0.717) is 29.8 Å². The van der Waals surface area contributed by atoms with Crippen molar-refractivity contribution in [2.45, 2.75) is 12.8 Å². The van der Waals surface area contributed by atoms with Gasteiger partial charge >= 0.3 is 0 Å². The Morgan fingerprint density at radius 1 is 0.871 bits per heavy atom. The average Bonchev–Trinajstić information content (AvgIpc) is 3.46. The molecule has 6 nitrogen and oxygen atoms in total. The van der Waals surface area contributed by atoms with Gasteiger partial charge in [0, 0.05) is 41.1 Å². The van der Waals surface area contributed by atoms with Gasteiger partial charge in [-0.1, -0.05) is 42.5 Å². The van der Waals surface area contributed by atoms with Gasteiger partial charge in [-0.05, 0) is 42.2 Å². The molecular formula is C25H20N4O2. The normalized spacial score (nSPS) is 14.8. The molecule has 0 spiro atoms. The molecule has 1 atom stereocenters. The number of fused-ring (bicyclic) bond motifs is 1. The van der Waals surface area contributed by atoms with Crippen molar-refractivity contribution in [2.24, 2.45) is 5.92 Å². The smallest absolute Gasteiger partial charge is 0.229 e. The van der Waals surface area contributed by atoms with Gasteiger partial charge in [-0.3, -0.25) is 19.7 Å². The number of hydrogen-bond acceptors (Lipinski definition) is 4. The number of anilines is 1. The van der Waals surface area contributed by atoms with Crippen molar-refractivity contribution in [1.29, 1.82) is 0 Å². The molecule has 0 bridgehead atoms. The number of aromatic amines is 1. The van der Waals surface area contributed by atoms with Gasteiger partial charge in [0.05, 0.1) is 5.69 Å². The summed E-state index contributed by atoms with van der Waals surface area (Å²) >= 11 is 0. The highest BCUT2D eigenvalue weighted by Crippen LogP contribution is 2.29. The van der Waals surface area contributed by atoms with Crippen LogP contribution in [-0.2, 0) is 17.6 Å². The van der Waals surface area contributed by atoms with Crippen LogP contribution < -0.4 is 5.32 Å². The molecule has 2 aromatic carbocycles. The highest BCUT2D eigenvalue weighted by molar-refractivity contribution is 6.09. The molecule has 1 aliphatic rings. The molecule has 1 amide bonds. The fourth-order valence-electron chi connectivity index (χ4n) is 3.99. The zero-order chi connectivity index (χ0) is 21.2. The molecule has 31 heavy (non-hydrogen) atoms. The summed E-state index contributed by atoms with van der Waals surface area (Å²) in [6.07, 6.45) is 4.68. The average molecular weight is 408 g/mol. The first-order chi connectivity index (χ1) is 15.2. The van der Waals surface area contributed by atoms with Gasteiger partial charge in [0.15, 0.2) is 11.6 Å². The number of H-pyrrole nitrogens is 1. The van der Waals surface area contributed by atoms with E-state index in [-0.39, 0.29) is 17.6 Å². The Balaban J connectivity index is 1.27. The molecule has 1 aliphatic carbocycles. The van der Waals surface area contributed by atoms with Crippen LogP contribution in [0.2, 0.25) is 0 Å². The number of pyridine rings is 1. The molecule has 6 heteroatoms. The molecule has 2 N–H and O–H groups in total. The molecule has 5 rings (SSSR count). The van der Waals surface area contributed by atoms with Gasteiger partial charge in [-0.2, -0.15) is 5.10 Å². The van der Waals surface area contributed by atoms with Crippen molar-refractivity contribution in [3.05, 3.63) is 101 Å². The monoisotopic (exact) mass is 408 g/mol. The highest BCUT2D eigenvalue weighted by atomic mass is 16.2. The number of carbonyl (C=O) groups excluding carboxylic acids is 2. The van der Waals surface area contributed by atoms with Crippen LogP contribution in [-0.4, -0.2) is 26.9 Å². The van der Waals surface area contributed by atoms with Crippen LogP contribution in [0.1, 0.15) is 27.0 Å². The molecule has 0 fully saturated rings. The quantitative estimate of drug-likeness (QED) is 0.488. The van der Waals surface area contributed by atoms with E-state index in [1.807, 2.05) is 66.7 Å². The lowest BCUT2D eigenvalue weighted by Crippen LogP contribution is -2.23. The van der Waals surface area contributed by atoms with Gasteiger partial charge in [0.2, 0.25) is 5.91 Å². The van der Waals surface area contributed by atoms with Gasteiger partial charge in [0.1, 0.15) is 0 Å². The predicted octanol–water partition coefficient (Wildman–Crippen LogP) is 4.06. The fraction of sp³-hybridized carbons (Fsp3) is 0.120. The maximum Gasteiger partial charge on any atom is 0.229 e. The van der Waals surface area contributed by atoms with E-state index in [4.69, 9.17) is 0 Å². The first kappa shape index (κ1) is 18.9.